The summed E-state index contributed by atoms with van der Waals surface area (Å²) >= 11 is 0. The van der Waals surface area contributed by atoms with Crippen LogP contribution in [0.15, 0.2) is 59.5 Å². The number of fused-ring (bicyclic) bond motifs is 1. The Kier molecular flexibility index (Phi) is 5.14. The quantitative estimate of drug-likeness (QED) is 0.478. The summed E-state index contributed by atoms with van der Waals surface area (Å²) < 4.78 is 53.2. The van der Waals surface area contributed by atoms with Crippen LogP contribution in [-0.2, 0) is 9.84 Å². The molecule has 1 aliphatic rings. The highest BCUT2D eigenvalue weighted by Crippen LogP contribution is 2.28. The van der Waals surface area contributed by atoms with Gasteiger partial charge in [-0.15, -0.1) is 0 Å². The van der Waals surface area contributed by atoms with Crippen LogP contribution in [0.4, 0.5) is 8.78 Å². The Bertz CT molecular complexity index is 1330. The Hall–Kier alpha value is -3.46. The van der Waals surface area contributed by atoms with Crippen LogP contribution in [0.3, 0.4) is 0 Å². The molecule has 1 amide bonds. The third-order valence-corrected chi connectivity index (χ3v) is 6.78. The highest BCUT2D eigenvalue weighted by Gasteiger charge is 2.26. The Balaban J connectivity index is 1.58. The van der Waals surface area contributed by atoms with Gasteiger partial charge in [0.1, 0.15) is 11.6 Å². The van der Waals surface area contributed by atoms with Gasteiger partial charge < -0.3 is 4.57 Å². The Morgan fingerprint density at radius 3 is 2.39 bits per heavy atom. The van der Waals surface area contributed by atoms with Crippen LogP contribution >= 0.6 is 0 Å². The number of carbonyl (C=O) groups excluding carboxylic acids is 1. The van der Waals surface area contributed by atoms with Crippen LogP contribution in [0.5, 0.6) is 0 Å². The third kappa shape index (κ3) is 3.84. The zero-order valence-corrected chi connectivity index (χ0v) is 17.6. The van der Waals surface area contributed by atoms with E-state index in [0.29, 0.717) is 22.6 Å². The van der Waals surface area contributed by atoms with Crippen LogP contribution < -0.4 is 10.9 Å². The average Bonchev–Trinajstić information content (AvgIpc) is 3.02. The van der Waals surface area contributed by atoms with Crippen molar-refractivity contribution >= 4 is 21.4 Å². The highest BCUT2D eigenvalue weighted by atomic mass is 32.2. The molecule has 0 bridgehead atoms. The van der Waals surface area contributed by atoms with Gasteiger partial charge in [-0.3, -0.25) is 15.6 Å². The van der Waals surface area contributed by atoms with E-state index in [1.807, 2.05) is 11.5 Å². The van der Waals surface area contributed by atoms with Crippen molar-refractivity contribution in [3.8, 4) is 5.69 Å². The first kappa shape index (κ1) is 20.8. The number of nitrogens with one attached hydrogen (secondary N) is 2. The molecule has 9 heteroatoms. The predicted octanol–water partition coefficient (Wildman–Crippen LogP) is 3.44. The van der Waals surface area contributed by atoms with E-state index in [2.05, 4.69) is 10.9 Å². The number of hydrogen-bond donors (Lipinski definition) is 2. The van der Waals surface area contributed by atoms with Gasteiger partial charge in [0, 0.05) is 22.6 Å². The van der Waals surface area contributed by atoms with Gasteiger partial charge in [0.2, 0.25) is 0 Å². The second-order valence-corrected chi connectivity index (χ2v) is 9.22. The Morgan fingerprint density at radius 1 is 1.00 bits per heavy atom. The summed E-state index contributed by atoms with van der Waals surface area (Å²) in [5.41, 5.74) is 8.25. The molecule has 3 aromatic rings. The minimum atomic E-state index is -3.55. The van der Waals surface area contributed by atoms with Gasteiger partial charge in [-0.2, -0.15) is 0 Å². The van der Waals surface area contributed by atoms with Crippen molar-refractivity contribution in [3.05, 3.63) is 88.8 Å². The molecule has 0 saturated carbocycles. The molecule has 2 N–H and O–H groups in total. The zero-order chi connectivity index (χ0) is 22.3. The SMILES string of the molecule is Cc1cc(C(=O)NNC2=CCS(=O)(=O)c3ccc(F)cc32)c(C)n1-c1ccc(F)cc1. The highest BCUT2D eigenvalue weighted by molar-refractivity contribution is 7.91. The maximum absolute atomic E-state index is 13.7. The van der Waals surface area contributed by atoms with E-state index < -0.39 is 21.6 Å². The number of carbonyl (C=O) groups is 1. The van der Waals surface area contributed by atoms with E-state index in [1.54, 1.807) is 25.1 Å². The number of hydrazine groups is 1. The molecule has 31 heavy (non-hydrogen) atoms. The van der Waals surface area contributed by atoms with Crippen LogP contribution in [0.2, 0.25) is 0 Å². The Morgan fingerprint density at radius 2 is 1.68 bits per heavy atom. The van der Waals surface area contributed by atoms with Crippen LogP contribution in [0.25, 0.3) is 11.4 Å². The van der Waals surface area contributed by atoms with Crippen molar-refractivity contribution in [3.63, 3.8) is 0 Å². The molecule has 6 nitrogen and oxygen atoms in total. The lowest BCUT2D eigenvalue weighted by Gasteiger charge is -2.20. The number of benzene rings is 2. The first-order valence-electron chi connectivity index (χ1n) is 9.41. The number of nitrogens with zero attached hydrogens (tertiary/aromatic N) is 1. The fraction of sp³-hybridized carbons (Fsp3) is 0.136. The molecule has 0 radical (unpaired) electrons. The summed E-state index contributed by atoms with van der Waals surface area (Å²) in [6, 6.07) is 11.0. The van der Waals surface area contributed by atoms with Gasteiger partial charge in [-0.05, 0) is 68.5 Å². The molecule has 1 aliphatic heterocycles. The van der Waals surface area contributed by atoms with E-state index in [1.165, 1.54) is 24.3 Å². The first-order chi connectivity index (χ1) is 14.7. The summed E-state index contributed by atoms with van der Waals surface area (Å²) in [4.78, 5) is 12.8. The largest absolute Gasteiger partial charge is 0.318 e. The molecule has 160 valence electrons. The van der Waals surface area contributed by atoms with Gasteiger partial charge >= 0.3 is 0 Å². The molecule has 0 spiro atoms. The fourth-order valence-electron chi connectivity index (χ4n) is 3.67. The lowest BCUT2D eigenvalue weighted by Crippen LogP contribution is -2.37. The molecule has 0 fully saturated rings. The lowest BCUT2D eigenvalue weighted by atomic mass is 10.1. The predicted molar refractivity (Wildman–Crippen MR) is 112 cm³/mol. The van der Waals surface area contributed by atoms with Gasteiger partial charge in [0.15, 0.2) is 9.84 Å². The van der Waals surface area contributed by atoms with Crippen LogP contribution in [0, 0.1) is 25.5 Å². The number of hydrogen-bond acceptors (Lipinski definition) is 4. The van der Waals surface area contributed by atoms with Gasteiger partial charge in [0.05, 0.1) is 21.9 Å². The molecular formula is C22H19F2N3O3S. The van der Waals surface area contributed by atoms with Crippen molar-refractivity contribution < 1.29 is 22.0 Å². The average molecular weight is 443 g/mol. The standard InChI is InChI=1S/C22H19F2N3O3S/c1-13-11-18(14(2)27(13)17-6-3-15(23)4-7-17)22(28)26-25-20-9-10-31(29,30)21-8-5-16(24)12-19(20)21/h3-9,11-12,25H,10H2,1-2H3,(H,26,28). The van der Waals surface area contributed by atoms with E-state index in [4.69, 9.17) is 0 Å². The molecule has 0 saturated heterocycles. The topological polar surface area (TPSA) is 80.2 Å². The summed E-state index contributed by atoms with van der Waals surface area (Å²) in [5.74, 6) is -1.65. The van der Waals surface area contributed by atoms with E-state index in [9.17, 15) is 22.0 Å². The molecule has 4 rings (SSSR count). The van der Waals surface area contributed by atoms with Crippen LogP contribution in [0.1, 0.15) is 27.3 Å². The molecule has 2 aromatic carbocycles. The van der Waals surface area contributed by atoms with E-state index in [-0.39, 0.29) is 22.0 Å². The minimum Gasteiger partial charge on any atom is -0.318 e. The normalized spacial score (nSPS) is 14.5. The molecule has 0 atom stereocenters. The van der Waals surface area contributed by atoms with Gasteiger partial charge in [0.25, 0.3) is 5.91 Å². The molecular weight excluding hydrogens is 424 g/mol. The number of aromatic nitrogens is 1. The zero-order valence-electron chi connectivity index (χ0n) is 16.7. The maximum atomic E-state index is 13.7. The van der Waals surface area contributed by atoms with Crippen LogP contribution in [-0.4, -0.2) is 24.6 Å². The number of sulfone groups is 1. The molecule has 2 heterocycles. The summed E-state index contributed by atoms with van der Waals surface area (Å²) in [6.07, 6.45) is 1.39. The van der Waals surface area contributed by atoms with Crippen molar-refractivity contribution in [1.29, 1.82) is 0 Å². The first-order valence-corrected chi connectivity index (χ1v) is 11.1. The summed E-state index contributed by atoms with van der Waals surface area (Å²) in [6.45, 7) is 3.59. The monoisotopic (exact) mass is 443 g/mol. The van der Waals surface area contributed by atoms with Crippen molar-refractivity contribution in [2.24, 2.45) is 0 Å². The summed E-state index contributed by atoms with van der Waals surface area (Å²) in [7, 11) is -3.55. The number of halogens is 2. The second-order valence-electron chi connectivity index (χ2n) is 7.22. The number of rotatable bonds is 4. The minimum absolute atomic E-state index is 0.00244. The smallest absolute Gasteiger partial charge is 0.271 e. The van der Waals surface area contributed by atoms with Gasteiger partial charge in [-0.25, -0.2) is 17.2 Å². The molecule has 0 aliphatic carbocycles. The van der Waals surface area contributed by atoms with Gasteiger partial charge in [-0.1, -0.05) is 0 Å². The fourth-order valence-corrected chi connectivity index (χ4v) is 5.01. The number of aryl methyl sites for hydroxylation is 1. The second kappa shape index (κ2) is 7.66. The van der Waals surface area contributed by atoms with Crippen molar-refractivity contribution in [1.82, 2.24) is 15.4 Å². The number of amides is 1. The van der Waals surface area contributed by atoms with E-state index >= 15 is 0 Å². The lowest BCUT2D eigenvalue weighted by molar-refractivity contribution is 0.0942. The Labute approximate surface area is 178 Å². The molecule has 0 unspecified atom stereocenters. The van der Waals surface area contributed by atoms with E-state index in [0.717, 1.165) is 17.8 Å². The molecule has 1 aromatic heterocycles. The van der Waals surface area contributed by atoms with Crippen molar-refractivity contribution in [2.75, 3.05) is 5.75 Å². The third-order valence-electron chi connectivity index (χ3n) is 5.14. The summed E-state index contributed by atoms with van der Waals surface area (Å²) in [5, 5.41) is 0. The van der Waals surface area contributed by atoms with Crippen molar-refractivity contribution in [2.45, 2.75) is 18.7 Å². The maximum Gasteiger partial charge on any atom is 0.271 e.